The third kappa shape index (κ3) is 2.62. The summed E-state index contributed by atoms with van der Waals surface area (Å²) in [6.45, 7) is 2.38. The quantitative estimate of drug-likeness (QED) is 0.822. The zero-order valence-corrected chi connectivity index (χ0v) is 9.83. The normalized spacial score (nSPS) is 10.6. The SMILES string of the molecule is Cc1ccccc1SCc1noc(CN)n1. The van der Waals surface area contributed by atoms with Gasteiger partial charge >= 0.3 is 0 Å². The third-order valence-electron chi connectivity index (χ3n) is 2.14. The fourth-order valence-corrected chi connectivity index (χ4v) is 2.16. The maximum Gasteiger partial charge on any atom is 0.240 e. The van der Waals surface area contributed by atoms with Crippen LogP contribution in [0.1, 0.15) is 17.3 Å². The third-order valence-corrected chi connectivity index (χ3v) is 3.31. The topological polar surface area (TPSA) is 64.9 Å². The van der Waals surface area contributed by atoms with E-state index in [9.17, 15) is 0 Å². The van der Waals surface area contributed by atoms with Crippen molar-refractivity contribution >= 4 is 11.8 Å². The summed E-state index contributed by atoms with van der Waals surface area (Å²) in [4.78, 5) is 5.39. The molecule has 1 aromatic heterocycles. The van der Waals surface area contributed by atoms with Crippen molar-refractivity contribution in [2.24, 2.45) is 5.73 Å². The Morgan fingerprint density at radius 2 is 2.19 bits per heavy atom. The second kappa shape index (κ2) is 5.14. The van der Waals surface area contributed by atoms with Crippen LogP contribution in [0.3, 0.4) is 0 Å². The van der Waals surface area contributed by atoms with Gasteiger partial charge in [-0.3, -0.25) is 0 Å². The molecule has 1 heterocycles. The Bertz CT molecular complexity index is 470. The summed E-state index contributed by atoms with van der Waals surface area (Å²) < 4.78 is 4.93. The standard InChI is InChI=1S/C11H13N3OS/c1-8-4-2-3-5-9(8)16-7-10-13-11(6-12)15-14-10/h2-5H,6-7,12H2,1H3. The number of aromatic nitrogens is 2. The molecular formula is C11H13N3OS. The smallest absolute Gasteiger partial charge is 0.240 e. The van der Waals surface area contributed by atoms with Crippen LogP contribution >= 0.6 is 11.8 Å². The molecule has 0 aliphatic heterocycles. The van der Waals surface area contributed by atoms with Crippen molar-refractivity contribution in [3.05, 3.63) is 41.5 Å². The first-order valence-electron chi connectivity index (χ1n) is 4.99. The van der Waals surface area contributed by atoms with Crippen molar-refractivity contribution in [2.45, 2.75) is 24.1 Å². The minimum atomic E-state index is 0.294. The Morgan fingerprint density at radius 3 is 2.88 bits per heavy atom. The predicted molar refractivity (Wildman–Crippen MR) is 62.9 cm³/mol. The number of thioether (sulfide) groups is 1. The van der Waals surface area contributed by atoms with Crippen molar-refractivity contribution in [3.8, 4) is 0 Å². The second-order valence-electron chi connectivity index (χ2n) is 3.36. The molecule has 4 nitrogen and oxygen atoms in total. The van der Waals surface area contributed by atoms with Crippen LogP contribution in [0.5, 0.6) is 0 Å². The Morgan fingerprint density at radius 1 is 1.38 bits per heavy atom. The van der Waals surface area contributed by atoms with Crippen molar-refractivity contribution in [1.29, 1.82) is 0 Å². The molecule has 0 saturated carbocycles. The maximum absolute atomic E-state index is 5.39. The summed E-state index contributed by atoms with van der Waals surface area (Å²) in [5.41, 5.74) is 6.65. The molecule has 16 heavy (non-hydrogen) atoms. The molecule has 1 aromatic carbocycles. The van der Waals surface area contributed by atoms with E-state index in [-0.39, 0.29) is 0 Å². The van der Waals surface area contributed by atoms with Gasteiger partial charge in [-0.2, -0.15) is 4.98 Å². The number of hydrogen-bond acceptors (Lipinski definition) is 5. The van der Waals surface area contributed by atoms with Crippen LogP contribution < -0.4 is 5.73 Å². The summed E-state index contributed by atoms with van der Waals surface area (Å²) in [6, 6.07) is 8.23. The first-order valence-corrected chi connectivity index (χ1v) is 5.98. The molecule has 0 spiro atoms. The molecular weight excluding hydrogens is 222 g/mol. The summed E-state index contributed by atoms with van der Waals surface area (Å²) in [7, 11) is 0. The highest BCUT2D eigenvalue weighted by atomic mass is 32.2. The molecule has 0 radical (unpaired) electrons. The Balaban J connectivity index is 1.99. The van der Waals surface area contributed by atoms with E-state index in [4.69, 9.17) is 10.3 Å². The van der Waals surface area contributed by atoms with E-state index in [0.29, 0.717) is 24.0 Å². The molecule has 5 heteroatoms. The fraction of sp³-hybridized carbons (Fsp3) is 0.273. The molecule has 2 rings (SSSR count). The summed E-state index contributed by atoms with van der Waals surface area (Å²) in [6.07, 6.45) is 0. The van der Waals surface area contributed by atoms with E-state index < -0.39 is 0 Å². The molecule has 2 N–H and O–H groups in total. The van der Waals surface area contributed by atoms with Crippen LogP contribution in [-0.2, 0) is 12.3 Å². The minimum absolute atomic E-state index is 0.294. The molecule has 2 aromatic rings. The molecule has 84 valence electrons. The Labute approximate surface area is 98.2 Å². The number of aryl methyl sites for hydroxylation is 1. The van der Waals surface area contributed by atoms with Gasteiger partial charge in [-0.15, -0.1) is 11.8 Å². The summed E-state index contributed by atoms with van der Waals surface area (Å²) in [5.74, 6) is 1.88. The molecule has 0 saturated heterocycles. The molecule has 0 bridgehead atoms. The maximum atomic E-state index is 5.39. The predicted octanol–water partition coefficient (Wildman–Crippen LogP) is 2.13. The Hall–Kier alpha value is -1.33. The van der Waals surface area contributed by atoms with E-state index in [2.05, 4.69) is 29.2 Å². The number of hydrogen-bond donors (Lipinski definition) is 1. The lowest BCUT2D eigenvalue weighted by atomic mass is 10.2. The second-order valence-corrected chi connectivity index (χ2v) is 4.38. The van der Waals surface area contributed by atoms with Gasteiger partial charge in [0.25, 0.3) is 0 Å². The van der Waals surface area contributed by atoms with Gasteiger partial charge in [0.05, 0.1) is 12.3 Å². The van der Waals surface area contributed by atoms with Gasteiger partial charge in [0, 0.05) is 4.90 Å². The minimum Gasteiger partial charge on any atom is -0.338 e. The zero-order valence-electron chi connectivity index (χ0n) is 9.01. The monoisotopic (exact) mass is 235 g/mol. The first-order chi connectivity index (χ1) is 7.79. The number of nitrogens with two attached hydrogens (primary N) is 1. The van der Waals surface area contributed by atoms with Gasteiger partial charge in [0.1, 0.15) is 0 Å². The van der Waals surface area contributed by atoms with Crippen molar-refractivity contribution in [3.63, 3.8) is 0 Å². The highest BCUT2D eigenvalue weighted by Gasteiger charge is 2.05. The summed E-state index contributed by atoms with van der Waals surface area (Å²) in [5, 5.41) is 3.84. The van der Waals surface area contributed by atoms with E-state index in [1.54, 1.807) is 11.8 Å². The van der Waals surface area contributed by atoms with Crippen LogP contribution in [-0.4, -0.2) is 10.1 Å². The van der Waals surface area contributed by atoms with Crippen LogP contribution in [0.2, 0.25) is 0 Å². The molecule has 0 unspecified atom stereocenters. The molecule has 0 aliphatic carbocycles. The van der Waals surface area contributed by atoms with Crippen LogP contribution in [0.25, 0.3) is 0 Å². The number of nitrogens with zero attached hydrogens (tertiary/aromatic N) is 2. The van der Waals surface area contributed by atoms with Gasteiger partial charge in [0.15, 0.2) is 5.82 Å². The summed E-state index contributed by atoms with van der Waals surface area (Å²) >= 11 is 1.70. The van der Waals surface area contributed by atoms with E-state index >= 15 is 0 Å². The van der Waals surface area contributed by atoms with Crippen molar-refractivity contribution < 1.29 is 4.52 Å². The van der Waals surface area contributed by atoms with Gasteiger partial charge in [-0.05, 0) is 18.6 Å². The van der Waals surface area contributed by atoms with Gasteiger partial charge in [-0.25, -0.2) is 0 Å². The number of benzene rings is 1. The average Bonchev–Trinajstić information content (AvgIpc) is 2.76. The average molecular weight is 235 g/mol. The zero-order chi connectivity index (χ0) is 11.4. The largest absolute Gasteiger partial charge is 0.338 e. The lowest BCUT2D eigenvalue weighted by Gasteiger charge is -2.01. The van der Waals surface area contributed by atoms with Crippen molar-refractivity contribution in [1.82, 2.24) is 10.1 Å². The highest BCUT2D eigenvalue weighted by Crippen LogP contribution is 2.24. The van der Waals surface area contributed by atoms with E-state index in [0.717, 1.165) is 0 Å². The van der Waals surface area contributed by atoms with Crippen LogP contribution in [0, 0.1) is 6.92 Å². The highest BCUT2D eigenvalue weighted by molar-refractivity contribution is 7.98. The lowest BCUT2D eigenvalue weighted by molar-refractivity contribution is 0.376. The van der Waals surface area contributed by atoms with Crippen LogP contribution in [0.15, 0.2) is 33.7 Å². The molecule has 0 fully saturated rings. The van der Waals surface area contributed by atoms with Crippen molar-refractivity contribution in [2.75, 3.05) is 0 Å². The van der Waals surface area contributed by atoms with E-state index in [1.807, 2.05) is 12.1 Å². The molecule has 0 atom stereocenters. The molecule has 0 aliphatic rings. The van der Waals surface area contributed by atoms with Gasteiger partial charge in [0.2, 0.25) is 5.89 Å². The number of rotatable bonds is 4. The lowest BCUT2D eigenvalue weighted by Crippen LogP contribution is -1.96. The van der Waals surface area contributed by atoms with Gasteiger partial charge < -0.3 is 10.3 Å². The Kier molecular flexibility index (Phi) is 3.58. The fourth-order valence-electron chi connectivity index (χ4n) is 1.29. The first kappa shape index (κ1) is 11.2. The van der Waals surface area contributed by atoms with E-state index in [1.165, 1.54) is 10.5 Å². The van der Waals surface area contributed by atoms with Crippen LogP contribution in [0.4, 0.5) is 0 Å². The molecule has 0 amide bonds. The van der Waals surface area contributed by atoms with Gasteiger partial charge in [-0.1, -0.05) is 23.4 Å².